The highest BCUT2D eigenvalue weighted by Gasteiger charge is 2.16. The quantitative estimate of drug-likeness (QED) is 0.875. The zero-order chi connectivity index (χ0) is 14.2. The average Bonchev–Trinajstić information content (AvgIpc) is 3.09. The normalized spacial score (nSPS) is 15.8. The zero-order valence-corrected chi connectivity index (χ0v) is 12.9. The third-order valence-corrected chi connectivity index (χ3v) is 5.48. The molecule has 1 aromatic carbocycles. The van der Waals surface area contributed by atoms with Gasteiger partial charge in [0.1, 0.15) is 0 Å². The molecule has 1 saturated heterocycles. The van der Waals surface area contributed by atoms with Crippen LogP contribution < -0.4 is 4.90 Å². The van der Waals surface area contributed by atoms with Gasteiger partial charge in [-0.1, -0.05) is 12.1 Å². The summed E-state index contributed by atoms with van der Waals surface area (Å²) in [5.41, 5.74) is 1.87. The van der Waals surface area contributed by atoms with Crippen molar-refractivity contribution in [3.63, 3.8) is 0 Å². The molecule has 20 heavy (non-hydrogen) atoms. The smallest absolute Gasteiger partial charge is 0.185 e. The molecular formula is C14H16N2O2S2. The van der Waals surface area contributed by atoms with Gasteiger partial charge in [-0.15, -0.1) is 11.3 Å². The molecule has 1 fully saturated rings. The number of thiazole rings is 1. The van der Waals surface area contributed by atoms with Gasteiger partial charge in [0, 0.05) is 30.3 Å². The van der Waals surface area contributed by atoms with Crippen LogP contribution in [0.15, 0.2) is 34.5 Å². The molecule has 106 valence electrons. The first-order chi connectivity index (χ1) is 9.54. The number of hydrogen-bond donors (Lipinski definition) is 0. The fourth-order valence-electron chi connectivity index (χ4n) is 2.32. The second-order valence-electron chi connectivity index (χ2n) is 5.01. The van der Waals surface area contributed by atoms with E-state index in [0.717, 1.165) is 29.5 Å². The lowest BCUT2D eigenvalue weighted by Gasteiger charge is -2.12. The molecular weight excluding hydrogens is 292 g/mol. The van der Waals surface area contributed by atoms with E-state index in [1.54, 1.807) is 23.5 Å². The molecule has 0 aliphatic carbocycles. The molecule has 1 aliphatic heterocycles. The summed E-state index contributed by atoms with van der Waals surface area (Å²) in [7, 11) is -3.14. The maximum absolute atomic E-state index is 11.4. The summed E-state index contributed by atoms with van der Waals surface area (Å²) >= 11 is 1.65. The number of aromatic nitrogens is 1. The van der Waals surface area contributed by atoms with E-state index in [1.807, 2.05) is 17.5 Å². The van der Waals surface area contributed by atoms with E-state index in [2.05, 4.69) is 9.88 Å². The van der Waals surface area contributed by atoms with Gasteiger partial charge in [-0.25, -0.2) is 13.4 Å². The van der Waals surface area contributed by atoms with Gasteiger partial charge in [0.05, 0.1) is 10.6 Å². The van der Waals surface area contributed by atoms with Crippen LogP contribution in [0.25, 0.3) is 11.3 Å². The molecule has 0 spiro atoms. The fourth-order valence-corrected chi connectivity index (χ4v) is 3.84. The van der Waals surface area contributed by atoms with Crippen LogP contribution >= 0.6 is 11.3 Å². The Morgan fingerprint density at radius 3 is 2.40 bits per heavy atom. The predicted octanol–water partition coefficient (Wildman–Crippen LogP) is 2.81. The van der Waals surface area contributed by atoms with Crippen LogP contribution in [-0.2, 0) is 9.84 Å². The molecule has 6 heteroatoms. The summed E-state index contributed by atoms with van der Waals surface area (Å²) in [6.45, 7) is 2.17. The first-order valence-corrected chi connectivity index (χ1v) is 9.32. The van der Waals surface area contributed by atoms with Crippen molar-refractivity contribution in [3.8, 4) is 11.3 Å². The summed E-state index contributed by atoms with van der Waals surface area (Å²) in [6.07, 6.45) is 3.69. The molecule has 3 rings (SSSR count). The number of anilines is 1. The molecule has 1 aliphatic rings. The fraction of sp³-hybridized carbons (Fsp3) is 0.357. The standard InChI is InChI=1S/C14H16N2O2S2/c1-20(17,18)12-6-4-11(5-7-12)13-10-19-14(15-13)16-8-2-3-9-16/h4-7,10H,2-3,8-9H2,1H3. The Balaban J connectivity index is 1.86. The van der Waals surface area contributed by atoms with Crippen molar-refractivity contribution in [2.75, 3.05) is 24.2 Å². The summed E-state index contributed by atoms with van der Waals surface area (Å²) in [5.74, 6) is 0. The molecule has 0 atom stereocenters. The minimum atomic E-state index is -3.14. The van der Waals surface area contributed by atoms with Crippen molar-refractivity contribution in [2.45, 2.75) is 17.7 Å². The van der Waals surface area contributed by atoms with Crippen LogP contribution in [0.1, 0.15) is 12.8 Å². The maximum Gasteiger partial charge on any atom is 0.185 e. The minimum absolute atomic E-state index is 0.344. The third-order valence-electron chi connectivity index (χ3n) is 3.45. The first-order valence-electron chi connectivity index (χ1n) is 6.55. The second-order valence-corrected chi connectivity index (χ2v) is 7.86. The Hall–Kier alpha value is -1.40. The SMILES string of the molecule is CS(=O)(=O)c1ccc(-c2csc(N3CCCC3)n2)cc1. The number of nitrogens with zero attached hydrogens (tertiary/aromatic N) is 2. The van der Waals surface area contributed by atoms with Crippen molar-refractivity contribution in [2.24, 2.45) is 0 Å². The Labute approximate surface area is 123 Å². The maximum atomic E-state index is 11.4. The lowest BCUT2D eigenvalue weighted by atomic mass is 10.2. The van der Waals surface area contributed by atoms with Crippen molar-refractivity contribution in [3.05, 3.63) is 29.6 Å². The van der Waals surface area contributed by atoms with E-state index in [1.165, 1.54) is 19.1 Å². The van der Waals surface area contributed by atoms with Gasteiger partial charge in [0.15, 0.2) is 15.0 Å². The molecule has 4 nitrogen and oxygen atoms in total. The van der Waals surface area contributed by atoms with Crippen molar-refractivity contribution < 1.29 is 8.42 Å². The number of hydrogen-bond acceptors (Lipinski definition) is 5. The van der Waals surface area contributed by atoms with E-state index in [9.17, 15) is 8.42 Å². The van der Waals surface area contributed by atoms with Gasteiger partial charge in [-0.3, -0.25) is 0 Å². The highest BCUT2D eigenvalue weighted by molar-refractivity contribution is 7.90. The van der Waals surface area contributed by atoms with E-state index >= 15 is 0 Å². The van der Waals surface area contributed by atoms with Gasteiger partial charge in [-0.05, 0) is 25.0 Å². The molecule has 0 unspecified atom stereocenters. The van der Waals surface area contributed by atoms with Crippen LogP contribution in [0.4, 0.5) is 5.13 Å². The molecule has 2 aromatic rings. The van der Waals surface area contributed by atoms with Crippen LogP contribution in [0.2, 0.25) is 0 Å². The second kappa shape index (κ2) is 5.18. The van der Waals surface area contributed by atoms with E-state index < -0.39 is 9.84 Å². The molecule has 0 amide bonds. The summed E-state index contributed by atoms with van der Waals surface area (Å²) in [5, 5.41) is 3.09. The van der Waals surface area contributed by atoms with Gasteiger partial charge < -0.3 is 4.90 Å². The molecule has 0 saturated carbocycles. The van der Waals surface area contributed by atoms with Crippen molar-refractivity contribution >= 4 is 26.3 Å². The molecule has 1 aromatic heterocycles. The zero-order valence-electron chi connectivity index (χ0n) is 11.2. The Morgan fingerprint density at radius 1 is 1.15 bits per heavy atom. The Morgan fingerprint density at radius 2 is 1.80 bits per heavy atom. The summed E-state index contributed by atoms with van der Waals surface area (Å²) in [6, 6.07) is 6.91. The van der Waals surface area contributed by atoms with Crippen LogP contribution in [0.3, 0.4) is 0 Å². The molecule has 0 N–H and O–H groups in total. The van der Waals surface area contributed by atoms with Crippen molar-refractivity contribution in [1.82, 2.24) is 4.98 Å². The summed E-state index contributed by atoms with van der Waals surface area (Å²) < 4.78 is 22.9. The lowest BCUT2D eigenvalue weighted by Crippen LogP contribution is -2.17. The highest BCUT2D eigenvalue weighted by atomic mass is 32.2. The topological polar surface area (TPSA) is 50.3 Å². The van der Waals surface area contributed by atoms with Gasteiger partial charge in [-0.2, -0.15) is 0 Å². The summed E-state index contributed by atoms with van der Waals surface area (Å²) in [4.78, 5) is 7.30. The predicted molar refractivity (Wildman–Crippen MR) is 82.1 cm³/mol. The number of sulfone groups is 1. The van der Waals surface area contributed by atoms with E-state index in [0.29, 0.717) is 4.90 Å². The number of benzene rings is 1. The van der Waals surface area contributed by atoms with Crippen LogP contribution in [0.5, 0.6) is 0 Å². The Bertz CT molecular complexity index is 699. The monoisotopic (exact) mass is 308 g/mol. The average molecular weight is 308 g/mol. The van der Waals surface area contributed by atoms with Crippen molar-refractivity contribution in [1.29, 1.82) is 0 Å². The highest BCUT2D eigenvalue weighted by Crippen LogP contribution is 2.29. The van der Waals surface area contributed by atoms with E-state index in [-0.39, 0.29) is 0 Å². The van der Waals surface area contributed by atoms with Crippen LogP contribution in [-0.4, -0.2) is 32.7 Å². The third kappa shape index (κ3) is 2.71. The molecule has 2 heterocycles. The lowest BCUT2D eigenvalue weighted by molar-refractivity contribution is 0.602. The number of rotatable bonds is 3. The van der Waals surface area contributed by atoms with E-state index in [4.69, 9.17) is 0 Å². The van der Waals surface area contributed by atoms with Gasteiger partial charge in [0.25, 0.3) is 0 Å². The van der Waals surface area contributed by atoms with Crippen LogP contribution in [0, 0.1) is 0 Å². The Kier molecular flexibility index (Phi) is 3.52. The first kappa shape index (κ1) is 13.6. The molecule has 0 bridgehead atoms. The minimum Gasteiger partial charge on any atom is -0.348 e. The molecule has 0 radical (unpaired) electrons. The van der Waals surface area contributed by atoms with Gasteiger partial charge >= 0.3 is 0 Å². The van der Waals surface area contributed by atoms with Gasteiger partial charge in [0.2, 0.25) is 0 Å². The largest absolute Gasteiger partial charge is 0.348 e.